The molecule has 2 unspecified atom stereocenters. The molecule has 0 spiro atoms. The molecule has 3 heterocycles. The van der Waals surface area contributed by atoms with Crippen LogP contribution in [0, 0.1) is 5.92 Å². The number of benzene rings is 1. The first-order valence-corrected chi connectivity index (χ1v) is 9.99. The SMILES string of the molecule is Cl.Cl.O=C(CC1CC2CCC(C1)N2)NCc1ccc(C(=O)Nc2ccncc2)cc1. The fourth-order valence-corrected chi connectivity index (χ4v) is 4.29. The van der Waals surface area contributed by atoms with Gasteiger partial charge in [-0.15, -0.1) is 24.8 Å². The largest absolute Gasteiger partial charge is 0.352 e. The Morgan fingerprint density at radius 3 is 2.23 bits per heavy atom. The van der Waals surface area contributed by atoms with Gasteiger partial charge in [0.25, 0.3) is 5.91 Å². The number of carbonyl (C=O) groups is 2. The van der Waals surface area contributed by atoms with E-state index in [9.17, 15) is 9.59 Å². The highest BCUT2D eigenvalue weighted by atomic mass is 35.5. The quantitative estimate of drug-likeness (QED) is 0.625. The van der Waals surface area contributed by atoms with Gasteiger partial charge in [0.15, 0.2) is 0 Å². The Morgan fingerprint density at radius 1 is 0.967 bits per heavy atom. The third-order valence-electron chi connectivity index (χ3n) is 5.69. The fourth-order valence-electron chi connectivity index (χ4n) is 4.29. The molecule has 2 amide bonds. The van der Waals surface area contributed by atoms with Crippen LogP contribution in [0.1, 0.15) is 48.0 Å². The molecule has 1 aromatic heterocycles. The van der Waals surface area contributed by atoms with E-state index < -0.39 is 0 Å². The first-order valence-electron chi connectivity index (χ1n) is 9.99. The van der Waals surface area contributed by atoms with E-state index in [2.05, 4.69) is 20.9 Å². The summed E-state index contributed by atoms with van der Waals surface area (Å²) in [4.78, 5) is 28.5. The summed E-state index contributed by atoms with van der Waals surface area (Å²) in [5.41, 5.74) is 2.28. The van der Waals surface area contributed by atoms with Crippen molar-refractivity contribution in [1.29, 1.82) is 0 Å². The van der Waals surface area contributed by atoms with Crippen LogP contribution in [0.4, 0.5) is 5.69 Å². The summed E-state index contributed by atoms with van der Waals surface area (Å²) in [6, 6.07) is 12.0. The number of anilines is 1. The maximum Gasteiger partial charge on any atom is 0.255 e. The third-order valence-corrected chi connectivity index (χ3v) is 5.69. The molecule has 2 bridgehead atoms. The predicted molar refractivity (Wildman–Crippen MR) is 122 cm³/mol. The van der Waals surface area contributed by atoms with E-state index in [0.717, 1.165) is 18.4 Å². The van der Waals surface area contributed by atoms with Gasteiger partial charge >= 0.3 is 0 Å². The summed E-state index contributed by atoms with van der Waals surface area (Å²) in [6.07, 6.45) is 8.62. The Labute approximate surface area is 189 Å². The predicted octanol–water partition coefficient (Wildman–Crippen LogP) is 3.71. The average Bonchev–Trinajstić information content (AvgIpc) is 3.05. The highest BCUT2D eigenvalue weighted by molar-refractivity contribution is 6.04. The van der Waals surface area contributed by atoms with Crippen molar-refractivity contribution >= 4 is 42.3 Å². The molecule has 1 aromatic carbocycles. The van der Waals surface area contributed by atoms with Crippen molar-refractivity contribution < 1.29 is 9.59 Å². The maximum absolute atomic E-state index is 12.3. The van der Waals surface area contributed by atoms with Crippen LogP contribution in [-0.2, 0) is 11.3 Å². The zero-order chi connectivity index (χ0) is 19.3. The van der Waals surface area contributed by atoms with E-state index in [4.69, 9.17) is 0 Å². The van der Waals surface area contributed by atoms with Crippen molar-refractivity contribution in [2.45, 2.75) is 50.7 Å². The van der Waals surface area contributed by atoms with Gasteiger partial charge in [-0.3, -0.25) is 14.6 Å². The van der Waals surface area contributed by atoms with Gasteiger partial charge in [-0.05, 0) is 61.4 Å². The molecule has 30 heavy (non-hydrogen) atoms. The number of hydrogen-bond donors (Lipinski definition) is 3. The van der Waals surface area contributed by atoms with E-state index in [1.165, 1.54) is 12.8 Å². The van der Waals surface area contributed by atoms with Crippen molar-refractivity contribution in [3.8, 4) is 0 Å². The lowest BCUT2D eigenvalue weighted by atomic mass is 9.89. The number of aromatic nitrogens is 1. The van der Waals surface area contributed by atoms with Crippen LogP contribution in [0.3, 0.4) is 0 Å². The van der Waals surface area contributed by atoms with Crippen molar-refractivity contribution in [3.63, 3.8) is 0 Å². The summed E-state index contributed by atoms with van der Waals surface area (Å²) in [5.74, 6) is 0.450. The Bertz CT molecular complexity index is 821. The van der Waals surface area contributed by atoms with Crippen LogP contribution in [-0.4, -0.2) is 28.9 Å². The number of hydrogen-bond acceptors (Lipinski definition) is 4. The summed E-state index contributed by atoms with van der Waals surface area (Å²) >= 11 is 0. The van der Waals surface area contributed by atoms with Crippen LogP contribution < -0.4 is 16.0 Å². The summed E-state index contributed by atoms with van der Waals surface area (Å²) in [7, 11) is 0. The highest BCUT2D eigenvalue weighted by Crippen LogP contribution is 2.32. The van der Waals surface area contributed by atoms with Crippen LogP contribution in [0.5, 0.6) is 0 Å². The molecule has 6 nitrogen and oxygen atoms in total. The first kappa shape index (κ1) is 24.1. The number of pyridine rings is 1. The van der Waals surface area contributed by atoms with E-state index >= 15 is 0 Å². The number of rotatable bonds is 6. The van der Waals surface area contributed by atoms with Gasteiger partial charge in [-0.25, -0.2) is 0 Å². The highest BCUT2D eigenvalue weighted by Gasteiger charge is 2.34. The molecule has 0 radical (unpaired) electrons. The van der Waals surface area contributed by atoms with E-state index in [-0.39, 0.29) is 36.6 Å². The molecule has 0 saturated carbocycles. The molecule has 0 aliphatic carbocycles. The molecule has 2 fully saturated rings. The summed E-state index contributed by atoms with van der Waals surface area (Å²) < 4.78 is 0. The molecule has 3 N–H and O–H groups in total. The van der Waals surface area contributed by atoms with Gasteiger partial charge in [-0.1, -0.05) is 12.1 Å². The molecule has 2 saturated heterocycles. The van der Waals surface area contributed by atoms with Gasteiger partial charge in [0.05, 0.1) is 0 Å². The number of amides is 2. The van der Waals surface area contributed by atoms with Crippen LogP contribution in [0.15, 0.2) is 48.8 Å². The fraction of sp³-hybridized carbons (Fsp3) is 0.409. The second-order valence-corrected chi connectivity index (χ2v) is 7.84. The van der Waals surface area contributed by atoms with Crippen molar-refractivity contribution in [1.82, 2.24) is 15.6 Å². The lowest BCUT2D eigenvalue weighted by molar-refractivity contribution is -0.122. The Hall–Kier alpha value is -2.15. The van der Waals surface area contributed by atoms with Crippen molar-refractivity contribution in [2.75, 3.05) is 5.32 Å². The second kappa shape index (κ2) is 11.3. The van der Waals surface area contributed by atoms with Gasteiger partial charge < -0.3 is 16.0 Å². The van der Waals surface area contributed by atoms with Crippen molar-refractivity contribution in [2.24, 2.45) is 5.92 Å². The minimum absolute atomic E-state index is 0. The van der Waals surface area contributed by atoms with E-state index in [0.29, 0.717) is 42.2 Å². The van der Waals surface area contributed by atoms with Crippen LogP contribution in [0.2, 0.25) is 0 Å². The number of carbonyl (C=O) groups excluding carboxylic acids is 2. The normalized spacial score (nSPS) is 21.7. The zero-order valence-electron chi connectivity index (χ0n) is 16.7. The number of nitrogens with one attached hydrogen (secondary N) is 3. The Morgan fingerprint density at radius 2 is 1.60 bits per heavy atom. The maximum atomic E-state index is 12.3. The number of piperidine rings is 1. The lowest BCUT2D eigenvalue weighted by Crippen LogP contribution is -2.39. The van der Waals surface area contributed by atoms with Gasteiger partial charge in [-0.2, -0.15) is 0 Å². The van der Waals surface area contributed by atoms with E-state index in [1.807, 2.05) is 12.1 Å². The summed E-state index contributed by atoms with van der Waals surface area (Å²) in [5, 5.41) is 9.46. The van der Waals surface area contributed by atoms with Gasteiger partial charge in [0.1, 0.15) is 0 Å². The molecule has 8 heteroatoms. The molecule has 4 rings (SSSR count). The minimum Gasteiger partial charge on any atom is -0.352 e. The van der Waals surface area contributed by atoms with Crippen molar-refractivity contribution in [3.05, 3.63) is 59.9 Å². The third kappa shape index (κ3) is 6.42. The molecule has 162 valence electrons. The average molecular weight is 451 g/mol. The number of halogens is 2. The summed E-state index contributed by atoms with van der Waals surface area (Å²) in [6.45, 7) is 0.489. The van der Waals surface area contributed by atoms with E-state index in [1.54, 1.807) is 36.7 Å². The lowest BCUT2D eigenvalue weighted by Gasteiger charge is -2.28. The Kier molecular flexibility index (Phi) is 9.08. The molecule has 2 aliphatic rings. The molecular weight excluding hydrogens is 423 g/mol. The van der Waals surface area contributed by atoms with Gasteiger partial charge in [0, 0.05) is 48.7 Å². The minimum atomic E-state index is -0.165. The topological polar surface area (TPSA) is 83.1 Å². The zero-order valence-corrected chi connectivity index (χ0v) is 18.3. The van der Waals surface area contributed by atoms with Crippen LogP contribution >= 0.6 is 24.8 Å². The van der Waals surface area contributed by atoms with Crippen LogP contribution in [0.25, 0.3) is 0 Å². The molecule has 2 aromatic rings. The second-order valence-electron chi connectivity index (χ2n) is 7.84. The number of fused-ring (bicyclic) bond motifs is 2. The standard InChI is InChI=1S/C22H26N4O2.2ClH/c27-21(13-16-11-19-5-6-20(12-16)25-19)24-14-15-1-3-17(4-2-15)22(28)26-18-7-9-23-10-8-18;;/h1-4,7-10,16,19-20,25H,5-6,11-14H2,(H,24,27)(H,23,26,28);2*1H. The Balaban J connectivity index is 0.00000160. The monoisotopic (exact) mass is 450 g/mol. The first-order chi connectivity index (χ1) is 13.7. The molecule has 2 aliphatic heterocycles. The number of nitrogens with zero attached hydrogens (tertiary/aromatic N) is 1. The van der Waals surface area contributed by atoms with Gasteiger partial charge in [0.2, 0.25) is 5.91 Å². The molecular formula is C22H28Cl2N4O2. The smallest absolute Gasteiger partial charge is 0.255 e. The molecule has 2 atom stereocenters.